The number of hydrogen-bond donors (Lipinski definition) is 0. The first-order chi connectivity index (χ1) is 16.7. The fourth-order valence-electron chi connectivity index (χ4n) is 4.63. The number of ether oxygens (including phenoxy) is 2. The topological polar surface area (TPSA) is 90.6 Å². The molecule has 2 aromatic rings. The van der Waals surface area contributed by atoms with E-state index in [4.69, 9.17) is 14.0 Å². The van der Waals surface area contributed by atoms with Crippen molar-refractivity contribution in [2.75, 3.05) is 32.8 Å². The van der Waals surface area contributed by atoms with Crippen molar-refractivity contribution in [2.45, 2.75) is 64.1 Å². The van der Waals surface area contributed by atoms with Crippen LogP contribution in [-0.2, 0) is 28.8 Å². The van der Waals surface area contributed by atoms with Gasteiger partial charge in [0.05, 0.1) is 19.1 Å². The number of fused-ring (bicyclic) bond motifs is 1. The molecule has 4 heterocycles. The maximum atomic E-state index is 12.4. The van der Waals surface area contributed by atoms with Gasteiger partial charge in [-0.1, -0.05) is 11.2 Å². The zero-order chi connectivity index (χ0) is 24.8. The summed E-state index contributed by atoms with van der Waals surface area (Å²) in [6, 6.07) is 3.34. The lowest BCUT2D eigenvalue weighted by Crippen LogP contribution is -2.33. The maximum absolute atomic E-state index is 12.4. The molecular weight excluding hydrogens is 465 g/mol. The molecule has 4 rings (SSSR count). The average Bonchev–Trinajstić information content (AvgIpc) is 3.10. The molecule has 192 valence electrons. The fraction of sp³-hybridized carbons (Fsp3) is 0.667. The Balaban J connectivity index is 1.16. The standard InChI is InChI=1S/C24H31F3N4O4/c1-16-28-22(30-35-16)13-19(32)12-17-2-4-20(33-14-17)7-10-31-9-6-18-3-5-23(29-21(18)8-11-31)34-15-24(25,26)27/h3,5,17,20H,2,4,6-15H2,1H3/t17-,20-/m1/s1. The third-order valence-corrected chi connectivity index (χ3v) is 6.46. The normalized spacial score (nSPS) is 21.4. The van der Waals surface area contributed by atoms with Gasteiger partial charge in [0.15, 0.2) is 12.4 Å². The van der Waals surface area contributed by atoms with Gasteiger partial charge < -0.3 is 18.9 Å². The number of carbonyl (C=O) groups is 1. The van der Waals surface area contributed by atoms with E-state index >= 15 is 0 Å². The summed E-state index contributed by atoms with van der Waals surface area (Å²) >= 11 is 0. The number of pyridine rings is 1. The summed E-state index contributed by atoms with van der Waals surface area (Å²) < 4.78 is 53.0. The summed E-state index contributed by atoms with van der Waals surface area (Å²) in [5, 5.41) is 3.78. The second kappa shape index (κ2) is 11.5. The molecule has 2 aromatic heterocycles. The smallest absolute Gasteiger partial charge is 0.422 e. The number of alkyl halides is 3. The summed E-state index contributed by atoms with van der Waals surface area (Å²) in [6.07, 6.45) is 0.722. The second-order valence-corrected chi connectivity index (χ2v) is 9.34. The van der Waals surface area contributed by atoms with E-state index in [1.165, 1.54) is 6.07 Å². The highest BCUT2D eigenvalue weighted by molar-refractivity contribution is 5.80. The number of rotatable bonds is 9. The third-order valence-electron chi connectivity index (χ3n) is 6.46. The molecule has 0 aliphatic carbocycles. The predicted octanol–water partition coefficient (Wildman–Crippen LogP) is 3.50. The Kier molecular flexibility index (Phi) is 8.38. The van der Waals surface area contributed by atoms with E-state index in [0.29, 0.717) is 31.2 Å². The van der Waals surface area contributed by atoms with Crippen LogP contribution < -0.4 is 4.74 Å². The van der Waals surface area contributed by atoms with E-state index in [0.717, 1.165) is 56.6 Å². The van der Waals surface area contributed by atoms with Gasteiger partial charge in [-0.3, -0.25) is 4.79 Å². The van der Waals surface area contributed by atoms with E-state index in [2.05, 4.69) is 20.0 Å². The molecule has 2 aliphatic heterocycles. The first kappa shape index (κ1) is 25.6. The third kappa shape index (κ3) is 7.99. The lowest BCUT2D eigenvalue weighted by molar-refractivity contribution is -0.154. The van der Waals surface area contributed by atoms with Crippen LogP contribution in [0, 0.1) is 12.8 Å². The largest absolute Gasteiger partial charge is 0.468 e. The lowest BCUT2D eigenvalue weighted by atomic mass is 9.92. The minimum Gasteiger partial charge on any atom is -0.468 e. The Labute approximate surface area is 202 Å². The van der Waals surface area contributed by atoms with Crippen LogP contribution in [0.4, 0.5) is 13.2 Å². The van der Waals surface area contributed by atoms with Crippen LogP contribution in [0.3, 0.4) is 0 Å². The molecule has 11 heteroatoms. The van der Waals surface area contributed by atoms with Crippen molar-refractivity contribution in [3.05, 3.63) is 35.1 Å². The van der Waals surface area contributed by atoms with Crippen molar-refractivity contribution in [1.82, 2.24) is 20.0 Å². The molecule has 0 N–H and O–H groups in total. The molecule has 35 heavy (non-hydrogen) atoms. The van der Waals surface area contributed by atoms with E-state index in [1.807, 2.05) is 6.07 Å². The highest BCUT2D eigenvalue weighted by atomic mass is 19.4. The molecular formula is C24H31F3N4O4. The van der Waals surface area contributed by atoms with Crippen LogP contribution >= 0.6 is 0 Å². The van der Waals surface area contributed by atoms with Crippen molar-refractivity contribution < 1.29 is 32.0 Å². The first-order valence-electron chi connectivity index (χ1n) is 12.1. The van der Waals surface area contributed by atoms with Gasteiger partial charge in [-0.05, 0) is 37.2 Å². The molecule has 1 fully saturated rings. The number of carbonyl (C=O) groups excluding carboxylic acids is 1. The SMILES string of the molecule is Cc1nc(CC(=O)C[C@H]2CC[C@H](CCN3CCc4ccc(OCC(F)(F)F)nc4CC3)OC2)no1. The van der Waals surface area contributed by atoms with Crippen molar-refractivity contribution in [2.24, 2.45) is 5.92 Å². The number of Topliss-reactive ketones (excluding diaryl/α,β-unsaturated/α-hetero) is 1. The Morgan fingerprint density at radius 2 is 2.03 bits per heavy atom. The summed E-state index contributed by atoms with van der Waals surface area (Å²) in [5.41, 5.74) is 1.87. The van der Waals surface area contributed by atoms with E-state index < -0.39 is 12.8 Å². The molecule has 1 saturated heterocycles. The number of aryl methyl sites for hydroxylation is 1. The predicted molar refractivity (Wildman–Crippen MR) is 119 cm³/mol. The number of nitrogens with zero attached hydrogens (tertiary/aromatic N) is 4. The van der Waals surface area contributed by atoms with Gasteiger partial charge in [0.1, 0.15) is 5.78 Å². The molecule has 0 aromatic carbocycles. The minimum atomic E-state index is -4.38. The Bertz CT molecular complexity index is 989. The zero-order valence-corrected chi connectivity index (χ0v) is 19.9. The van der Waals surface area contributed by atoms with E-state index in [9.17, 15) is 18.0 Å². The van der Waals surface area contributed by atoms with Crippen molar-refractivity contribution in [1.29, 1.82) is 0 Å². The van der Waals surface area contributed by atoms with Gasteiger partial charge in [-0.25, -0.2) is 4.98 Å². The number of halogens is 3. The Hall–Kier alpha value is -2.53. The van der Waals surface area contributed by atoms with Crippen LogP contribution in [0.1, 0.15) is 48.7 Å². The summed E-state index contributed by atoms with van der Waals surface area (Å²) in [5.74, 6) is 1.23. The quantitative estimate of drug-likeness (QED) is 0.521. The number of aromatic nitrogens is 3. The van der Waals surface area contributed by atoms with Crippen molar-refractivity contribution >= 4 is 5.78 Å². The second-order valence-electron chi connectivity index (χ2n) is 9.34. The Morgan fingerprint density at radius 3 is 2.74 bits per heavy atom. The molecule has 0 saturated carbocycles. The van der Waals surface area contributed by atoms with Crippen LogP contribution in [0.25, 0.3) is 0 Å². The molecule has 2 aliphatic rings. The van der Waals surface area contributed by atoms with Gasteiger partial charge in [-0.15, -0.1) is 0 Å². The highest BCUT2D eigenvalue weighted by Crippen LogP contribution is 2.25. The minimum absolute atomic E-state index is 0.0190. The van der Waals surface area contributed by atoms with Crippen LogP contribution in [-0.4, -0.2) is 70.9 Å². The molecule has 0 spiro atoms. The van der Waals surface area contributed by atoms with Crippen LogP contribution in [0.15, 0.2) is 16.7 Å². The van der Waals surface area contributed by atoms with E-state index in [-0.39, 0.29) is 30.1 Å². The Morgan fingerprint density at radius 1 is 1.20 bits per heavy atom. The average molecular weight is 497 g/mol. The van der Waals surface area contributed by atoms with Gasteiger partial charge in [0, 0.05) is 51.2 Å². The first-order valence-corrected chi connectivity index (χ1v) is 12.1. The highest BCUT2D eigenvalue weighted by Gasteiger charge is 2.29. The molecule has 8 nitrogen and oxygen atoms in total. The van der Waals surface area contributed by atoms with E-state index in [1.54, 1.807) is 6.92 Å². The van der Waals surface area contributed by atoms with Crippen LogP contribution in [0.5, 0.6) is 5.88 Å². The fourth-order valence-corrected chi connectivity index (χ4v) is 4.63. The van der Waals surface area contributed by atoms with Gasteiger partial charge in [-0.2, -0.15) is 18.2 Å². The van der Waals surface area contributed by atoms with Gasteiger partial charge >= 0.3 is 6.18 Å². The van der Waals surface area contributed by atoms with Gasteiger partial charge in [0.25, 0.3) is 0 Å². The monoisotopic (exact) mass is 496 g/mol. The van der Waals surface area contributed by atoms with Gasteiger partial charge in [0.2, 0.25) is 11.8 Å². The number of ketones is 1. The maximum Gasteiger partial charge on any atom is 0.422 e. The molecule has 0 radical (unpaired) electrons. The zero-order valence-electron chi connectivity index (χ0n) is 19.9. The number of hydrogen-bond acceptors (Lipinski definition) is 8. The summed E-state index contributed by atoms with van der Waals surface area (Å²) in [7, 11) is 0. The van der Waals surface area contributed by atoms with Crippen molar-refractivity contribution in [3.63, 3.8) is 0 Å². The molecule has 0 unspecified atom stereocenters. The molecule has 2 atom stereocenters. The lowest BCUT2D eigenvalue weighted by Gasteiger charge is -2.30. The summed E-state index contributed by atoms with van der Waals surface area (Å²) in [6.45, 7) is 3.50. The molecule has 0 bridgehead atoms. The summed E-state index contributed by atoms with van der Waals surface area (Å²) in [4.78, 5) is 23.0. The van der Waals surface area contributed by atoms with Crippen LogP contribution in [0.2, 0.25) is 0 Å². The molecule has 0 amide bonds. The van der Waals surface area contributed by atoms with Crippen molar-refractivity contribution in [3.8, 4) is 5.88 Å².